The van der Waals surface area contributed by atoms with Gasteiger partial charge in [-0.15, -0.1) is 0 Å². The molecule has 1 aliphatic carbocycles. The average Bonchev–Trinajstić information content (AvgIpc) is 3.30. The molecular formula is C26H29NO6. The molecule has 2 N–H and O–H groups in total. The molecule has 2 aromatic rings. The first kappa shape index (κ1) is 21.6. The standard InChI is InChI=1S/C26H29NO6/c1-31-22-15-18(7-8-20(22)28)25-19-4-2-3-11-26(19,30)12-13-27(25)24(29)10-6-17-5-9-21-23(14-17)33-16-32-21/h5-10,14-15,19,25,28,30H,2-4,11-13,16H2,1H3. The number of fused-ring (bicyclic) bond motifs is 2. The molecule has 33 heavy (non-hydrogen) atoms. The zero-order valence-corrected chi connectivity index (χ0v) is 18.7. The number of aliphatic hydroxyl groups is 1. The van der Waals surface area contributed by atoms with Gasteiger partial charge in [0.2, 0.25) is 12.7 Å². The number of benzene rings is 2. The molecule has 174 valence electrons. The largest absolute Gasteiger partial charge is 0.504 e. The van der Waals surface area contributed by atoms with Crippen molar-refractivity contribution in [1.29, 1.82) is 0 Å². The van der Waals surface area contributed by atoms with Crippen LogP contribution in [0.3, 0.4) is 0 Å². The molecule has 1 saturated carbocycles. The summed E-state index contributed by atoms with van der Waals surface area (Å²) >= 11 is 0. The van der Waals surface area contributed by atoms with Gasteiger partial charge in [0.25, 0.3) is 0 Å². The van der Waals surface area contributed by atoms with Crippen LogP contribution in [0.4, 0.5) is 0 Å². The number of phenols is 1. The molecule has 3 unspecified atom stereocenters. The van der Waals surface area contributed by atoms with Crippen LogP contribution in [0.5, 0.6) is 23.0 Å². The monoisotopic (exact) mass is 451 g/mol. The van der Waals surface area contributed by atoms with Gasteiger partial charge >= 0.3 is 0 Å². The van der Waals surface area contributed by atoms with E-state index in [1.54, 1.807) is 24.3 Å². The van der Waals surface area contributed by atoms with E-state index < -0.39 is 5.60 Å². The van der Waals surface area contributed by atoms with Crippen LogP contribution >= 0.6 is 0 Å². The predicted molar refractivity (Wildman–Crippen MR) is 122 cm³/mol. The Kier molecular flexibility index (Phi) is 5.66. The van der Waals surface area contributed by atoms with Crippen LogP contribution in [0.25, 0.3) is 6.08 Å². The van der Waals surface area contributed by atoms with E-state index in [1.807, 2.05) is 29.2 Å². The lowest BCUT2D eigenvalue weighted by molar-refractivity contribution is -0.150. The predicted octanol–water partition coefficient (Wildman–Crippen LogP) is 4.04. The number of ether oxygens (including phenoxy) is 3. The molecule has 3 aliphatic rings. The first-order chi connectivity index (χ1) is 16.0. The highest BCUT2D eigenvalue weighted by atomic mass is 16.7. The Morgan fingerprint density at radius 2 is 2.00 bits per heavy atom. The molecule has 0 spiro atoms. The number of phenolic OH excluding ortho intramolecular Hbond substituents is 1. The van der Waals surface area contributed by atoms with Crippen molar-refractivity contribution in [3.8, 4) is 23.0 Å². The lowest BCUT2D eigenvalue weighted by atomic mass is 9.66. The van der Waals surface area contributed by atoms with Crippen molar-refractivity contribution in [2.45, 2.75) is 43.7 Å². The van der Waals surface area contributed by atoms with E-state index in [2.05, 4.69) is 0 Å². The number of hydrogen-bond acceptors (Lipinski definition) is 6. The zero-order valence-electron chi connectivity index (χ0n) is 18.7. The summed E-state index contributed by atoms with van der Waals surface area (Å²) in [6.45, 7) is 0.669. The Balaban J connectivity index is 1.46. The Hall–Kier alpha value is -3.19. The number of methoxy groups -OCH3 is 1. The van der Waals surface area contributed by atoms with Gasteiger partial charge in [-0.05, 0) is 60.7 Å². The van der Waals surface area contributed by atoms with E-state index in [-0.39, 0.29) is 30.4 Å². The van der Waals surface area contributed by atoms with Gasteiger partial charge in [-0.3, -0.25) is 4.79 Å². The van der Waals surface area contributed by atoms with Crippen LogP contribution in [-0.4, -0.2) is 47.1 Å². The van der Waals surface area contributed by atoms with E-state index in [0.29, 0.717) is 30.2 Å². The van der Waals surface area contributed by atoms with Crippen molar-refractivity contribution < 1.29 is 29.2 Å². The summed E-state index contributed by atoms with van der Waals surface area (Å²) < 4.78 is 16.1. The molecule has 1 amide bonds. The third-order valence-electron chi connectivity index (χ3n) is 7.21. The zero-order chi connectivity index (χ0) is 23.0. The fourth-order valence-electron chi connectivity index (χ4n) is 5.50. The maximum absolute atomic E-state index is 13.4. The topological polar surface area (TPSA) is 88.5 Å². The fourth-order valence-corrected chi connectivity index (χ4v) is 5.50. The average molecular weight is 452 g/mol. The van der Waals surface area contributed by atoms with Crippen LogP contribution in [0, 0.1) is 5.92 Å². The van der Waals surface area contributed by atoms with Crippen LogP contribution in [0.2, 0.25) is 0 Å². The Morgan fingerprint density at radius 3 is 2.85 bits per heavy atom. The summed E-state index contributed by atoms with van der Waals surface area (Å²) in [5.74, 6) is 1.60. The molecule has 2 fully saturated rings. The Morgan fingerprint density at radius 1 is 1.15 bits per heavy atom. The van der Waals surface area contributed by atoms with Crippen molar-refractivity contribution in [2.75, 3.05) is 20.4 Å². The van der Waals surface area contributed by atoms with E-state index in [9.17, 15) is 15.0 Å². The van der Waals surface area contributed by atoms with Gasteiger partial charge in [0.1, 0.15) is 0 Å². The lowest BCUT2D eigenvalue weighted by Crippen LogP contribution is -2.56. The number of amides is 1. The van der Waals surface area contributed by atoms with Gasteiger partial charge in [-0.1, -0.05) is 25.0 Å². The van der Waals surface area contributed by atoms with Crippen LogP contribution < -0.4 is 14.2 Å². The van der Waals surface area contributed by atoms with E-state index >= 15 is 0 Å². The fraction of sp³-hybridized carbons (Fsp3) is 0.423. The van der Waals surface area contributed by atoms with Gasteiger partial charge in [0.05, 0.1) is 18.8 Å². The smallest absolute Gasteiger partial charge is 0.247 e. The van der Waals surface area contributed by atoms with Gasteiger partial charge < -0.3 is 29.3 Å². The third kappa shape index (κ3) is 4.02. The minimum absolute atomic E-state index is 0.0524. The molecular weight excluding hydrogens is 422 g/mol. The first-order valence-electron chi connectivity index (χ1n) is 11.5. The van der Waals surface area contributed by atoms with Crippen molar-refractivity contribution >= 4 is 12.0 Å². The number of rotatable bonds is 4. The third-order valence-corrected chi connectivity index (χ3v) is 7.21. The van der Waals surface area contributed by atoms with Crippen molar-refractivity contribution in [3.05, 3.63) is 53.6 Å². The number of aromatic hydroxyl groups is 1. The quantitative estimate of drug-likeness (QED) is 0.683. The summed E-state index contributed by atoms with van der Waals surface area (Å²) in [5, 5.41) is 21.5. The normalized spacial score (nSPS) is 26.3. The summed E-state index contributed by atoms with van der Waals surface area (Å²) in [7, 11) is 1.51. The number of likely N-dealkylation sites (tertiary alicyclic amines) is 1. The summed E-state index contributed by atoms with van der Waals surface area (Å²) in [6.07, 6.45) is 7.53. The van der Waals surface area contributed by atoms with Gasteiger partial charge in [0, 0.05) is 18.5 Å². The minimum Gasteiger partial charge on any atom is -0.504 e. The van der Waals surface area contributed by atoms with E-state index in [0.717, 1.165) is 36.8 Å². The Bertz CT molecular complexity index is 1080. The lowest BCUT2D eigenvalue weighted by Gasteiger charge is -2.52. The second-order valence-corrected chi connectivity index (χ2v) is 9.06. The van der Waals surface area contributed by atoms with E-state index in [1.165, 1.54) is 7.11 Å². The number of piperidine rings is 1. The molecule has 1 saturated heterocycles. The molecule has 3 atom stereocenters. The number of carbonyl (C=O) groups excluding carboxylic acids is 1. The van der Waals surface area contributed by atoms with Gasteiger partial charge in [0.15, 0.2) is 23.0 Å². The second-order valence-electron chi connectivity index (χ2n) is 9.06. The van der Waals surface area contributed by atoms with Crippen molar-refractivity contribution in [2.24, 2.45) is 5.92 Å². The summed E-state index contributed by atoms with van der Waals surface area (Å²) in [5.41, 5.74) is 0.924. The highest BCUT2D eigenvalue weighted by Gasteiger charge is 2.50. The summed E-state index contributed by atoms with van der Waals surface area (Å²) in [6, 6.07) is 10.5. The highest BCUT2D eigenvalue weighted by Crippen LogP contribution is 2.50. The molecule has 7 heteroatoms. The molecule has 5 rings (SSSR count). The summed E-state index contributed by atoms with van der Waals surface area (Å²) in [4.78, 5) is 15.3. The number of hydrogen-bond donors (Lipinski definition) is 2. The van der Waals surface area contributed by atoms with Crippen LogP contribution in [0.15, 0.2) is 42.5 Å². The minimum atomic E-state index is -0.786. The van der Waals surface area contributed by atoms with Gasteiger partial charge in [-0.2, -0.15) is 0 Å². The number of carbonyl (C=O) groups is 1. The molecule has 0 aromatic heterocycles. The van der Waals surface area contributed by atoms with Crippen LogP contribution in [-0.2, 0) is 4.79 Å². The van der Waals surface area contributed by atoms with E-state index in [4.69, 9.17) is 14.2 Å². The van der Waals surface area contributed by atoms with Gasteiger partial charge in [-0.25, -0.2) is 0 Å². The van der Waals surface area contributed by atoms with Crippen molar-refractivity contribution in [1.82, 2.24) is 4.90 Å². The SMILES string of the molecule is COc1cc(C2C3CCCCC3(O)CCN2C(=O)C=Cc2ccc3c(c2)OCO3)ccc1O. The molecule has 0 bridgehead atoms. The Labute approximate surface area is 193 Å². The molecule has 2 aliphatic heterocycles. The molecule has 0 radical (unpaired) electrons. The maximum Gasteiger partial charge on any atom is 0.247 e. The maximum atomic E-state index is 13.4. The highest BCUT2D eigenvalue weighted by molar-refractivity contribution is 5.92. The molecule has 2 aromatic carbocycles. The number of nitrogens with zero attached hydrogens (tertiary/aromatic N) is 1. The van der Waals surface area contributed by atoms with Crippen molar-refractivity contribution in [3.63, 3.8) is 0 Å². The molecule has 7 nitrogen and oxygen atoms in total. The first-order valence-corrected chi connectivity index (χ1v) is 11.5. The van der Waals surface area contributed by atoms with Crippen LogP contribution in [0.1, 0.15) is 49.3 Å². The molecule has 2 heterocycles. The second kappa shape index (κ2) is 8.63.